The first kappa shape index (κ1) is 10.6. The smallest absolute Gasteiger partial charge is 0.153 e. The Kier molecular flexibility index (Phi) is 2.62. The molecule has 0 aliphatic heterocycles. The summed E-state index contributed by atoms with van der Waals surface area (Å²) in [6.07, 6.45) is 3.22. The molecule has 0 atom stereocenters. The van der Waals surface area contributed by atoms with Crippen molar-refractivity contribution in [2.24, 2.45) is 5.73 Å². The number of aryl methyl sites for hydroxylation is 1. The molecular formula is C10H10ClN5. The Morgan fingerprint density at radius 1 is 1.50 bits per heavy atom. The van der Waals surface area contributed by atoms with Gasteiger partial charge in [-0.2, -0.15) is 5.10 Å². The first-order valence-corrected chi connectivity index (χ1v) is 4.98. The highest BCUT2D eigenvalue weighted by atomic mass is 35.5. The van der Waals surface area contributed by atoms with Gasteiger partial charge in [-0.1, -0.05) is 11.6 Å². The number of amidine groups is 1. The fourth-order valence-electron chi connectivity index (χ4n) is 1.24. The van der Waals surface area contributed by atoms with E-state index in [0.717, 1.165) is 5.69 Å². The fraction of sp³-hybridized carbons (Fsp3) is 0.100. The van der Waals surface area contributed by atoms with Gasteiger partial charge in [-0.15, -0.1) is 0 Å². The van der Waals surface area contributed by atoms with E-state index in [2.05, 4.69) is 10.1 Å². The average molecular weight is 236 g/mol. The Labute approximate surface area is 97.4 Å². The van der Waals surface area contributed by atoms with Crippen LogP contribution in [0.1, 0.15) is 11.3 Å². The van der Waals surface area contributed by atoms with Gasteiger partial charge >= 0.3 is 0 Å². The molecule has 0 radical (unpaired) electrons. The van der Waals surface area contributed by atoms with E-state index in [1.807, 2.05) is 6.92 Å². The zero-order valence-electron chi connectivity index (χ0n) is 8.61. The largest absolute Gasteiger partial charge is 0.384 e. The van der Waals surface area contributed by atoms with Crippen LogP contribution in [0.2, 0.25) is 5.02 Å². The molecule has 0 unspecified atom stereocenters. The molecular weight excluding hydrogens is 226 g/mol. The highest BCUT2D eigenvalue weighted by Crippen LogP contribution is 2.15. The van der Waals surface area contributed by atoms with Crippen LogP contribution in [-0.2, 0) is 0 Å². The summed E-state index contributed by atoms with van der Waals surface area (Å²) in [5, 5.41) is 12.0. The predicted octanol–water partition coefficient (Wildman–Crippen LogP) is 1.51. The number of halogens is 1. The third-order valence-corrected chi connectivity index (χ3v) is 2.50. The topological polar surface area (TPSA) is 80.6 Å². The van der Waals surface area contributed by atoms with E-state index < -0.39 is 0 Å². The van der Waals surface area contributed by atoms with Gasteiger partial charge in [-0.05, 0) is 19.1 Å². The van der Waals surface area contributed by atoms with Gasteiger partial charge in [0.25, 0.3) is 0 Å². The lowest BCUT2D eigenvalue weighted by Gasteiger charge is -2.01. The Morgan fingerprint density at radius 3 is 2.69 bits per heavy atom. The maximum atomic E-state index is 7.24. The molecule has 5 nitrogen and oxygen atoms in total. The summed E-state index contributed by atoms with van der Waals surface area (Å²) in [5.41, 5.74) is 6.66. The molecule has 0 bridgehead atoms. The van der Waals surface area contributed by atoms with Gasteiger partial charge in [0.2, 0.25) is 0 Å². The molecule has 0 fully saturated rings. The van der Waals surface area contributed by atoms with Crippen LogP contribution >= 0.6 is 11.6 Å². The third-order valence-electron chi connectivity index (χ3n) is 2.13. The van der Waals surface area contributed by atoms with Crippen molar-refractivity contribution in [3.63, 3.8) is 0 Å². The van der Waals surface area contributed by atoms with Crippen molar-refractivity contribution in [3.8, 4) is 5.82 Å². The number of aromatic nitrogens is 3. The SMILES string of the molecule is Cc1nn(-c2ccc(C(=N)N)cn2)cc1Cl. The van der Waals surface area contributed by atoms with Crippen molar-refractivity contribution in [3.05, 3.63) is 40.8 Å². The Morgan fingerprint density at radius 2 is 2.25 bits per heavy atom. The monoisotopic (exact) mass is 235 g/mol. The van der Waals surface area contributed by atoms with Gasteiger partial charge in [0.15, 0.2) is 5.82 Å². The summed E-state index contributed by atoms with van der Waals surface area (Å²) in [6, 6.07) is 3.45. The Balaban J connectivity index is 2.38. The highest BCUT2D eigenvalue weighted by molar-refractivity contribution is 6.31. The predicted molar refractivity (Wildman–Crippen MR) is 62.1 cm³/mol. The quantitative estimate of drug-likeness (QED) is 0.612. The van der Waals surface area contributed by atoms with Crippen molar-refractivity contribution in [2.75, 3.05) is 0 Å². The maximum Gasteiger partial charge on any atom is 0.153 e. The van der Waals surface area contributed by atoms with E-state index in [-0.39, 0.29) is 5.84 Å². The summed E-state index contributed by atoms with van der Waals surface area (Å²) in [6.45, 7) is 1.82. The zero-order chi connectivity index (χ0) is 11.7. The normalized spacial score (nSPS) is 10.4. The lowest BCUT2D eigenvalue weighted by Crippen LogP contribution is -2.11. The van der Waals surface area contributed by atoms with Crippen LogP contribution < -0.4 is 5.73 Å². The minimum Gasteiger partial charge on any atom is -0.384 e. The summed E-state index contributed by atoms with van der Waals surface area (Å²) in [4.78, 5) is 4.15. The van der Waals surface area contributed by atoms with E-state index in [4.69, 9.17) is 22.7 Å². The summed E-state index contributed by atoms with van der Waals surface area (Å²) in [5.74, 6) is 0.633. The molecule has 0 saturated carbocycles. The van der Waals surface area contributed by atoms with Crippen molar-refractivity contribution >= 4 is 17.4 Å². The molecule has 3 N–H and O–H groups in total. The second kappa shape index (κ2) is 3.94. The van der Waals surface area contributed by atoms with Crippen LogP contribution in [0.5, 0.6) is 0 Å². The van der Waals surface area contributed by atoms with Gasteiger partial charge in [0.1, 0.15) is 5.84 Å². The fourth-order valence-corrected chi connectivity index (χ4v) is 1.37. The molecule has 6 heteroatoms. The molecule has 2 aromatic heterocycles. The lowest BCUT2D eigenvalue weighted by atomic mass is 10.2. The third kappa shape index (κ3) is 1.90. The van der Waals surface area contributed by atoms with E-state index in [1.54, 1.807) is 23.0 Å². The van der Waals surface area contributed by atoms with Crippen molar-refractivity contribution in [2.45, 2.75) is 6.92 Å². The number of nitrogens with zero attached hydrogens (tertiary/aromatic N) is 3. The minimum absolute atomic E-state index is 0.00581. The van der Waals surface area contributed by atoms with Crippen molar-refractivity contribution in [1.29, 1.82) is 5.41 Å². The lowest BCUT2D eigenvalue weighted by molar-refractivity contribution is 0.832. The van der Waals surface area contributed by atoms with Gasteiger partial charge in [0, 0.05) is 11.8 Å². The van der Waals surface area contributed by atoms with Gasteiger partial charge in [-0.3, -0.25) is 5.41 Å². The number of pyridine rings is 1. The molecule has 0 saturated heterocycles. The van der Waals surface area contributed by atoms with Crippen LogP contribution in [0.15, 0.2) is 24.5 Å². The zero-order valence-corrected chi connectivity index (χ0v) is 9.36. The van der Waals surface area contributed by atoms with Crippen LogP contribution in [-0.4, -0.2) is 20.6 Å². The number of hydrogen-bond donors (Lipinski definition) is 2. The second-order valence-corrected chi connectivity index (χ2v) is 3.73. The summed E-state index contributed by atoms with van der Waals surface area (Å²) in [7, 11) is 0. The summed E-state index contributed by atoms with van der Waals surface area (Å²) < 4.78 is 1.58. The molecule has 0 aliphatic rings. The standard InChI is InChI=1S/C10H10ClN5/c1-6-8(11)5-16(15-6)9-3-2-7(4-14-9)10(12)13/h2-5H,1H3,(H3,12,13). The first-order chi connectivity index (χ1) is 7.58. The van der Waals surface area contributed by atoms with Crippen LogP contribution in [0.25, 0.3) is 5.82 Å². The number of nitrogens with one attached hydrogen (secondary N) is 1. The number of hydrogen-bond acceptors (Lipinski definition) is 3. The number of nitrogen functional groups attached to an aromatic ring is 1. The molecule has 0 spiro atoms. The maximum absolute atomic E-state index is 7.24. The molecule has 2 heterocycles. The van der Waals surface area contributed by atoms with Gasteiger partial charge < -0.3 is 5.73 Å². The molecule has 2 rings (SSSR count). The van der Waals surface area contributed by atoms with Gasteiger partial charge in [-0.25, -0.2) is 9.67 Å². The van der Waals surface area contributed by atoms with E-state index in [0.29, 0.717) is 16.4 Å². The number of nitrogens with two attached hydrogens (primary N) is 1. The van der Waals surface area contributed by atoms with Crippen molar-refractivity contribution < 1.29 is 0 Å². The first-order valence-electron chi connectivity index (χ1n) is 4.60. The highest BCUT2D eigenvalue weighted by Gasteiger charge is 2.05. The van der Waals surface area contributed by atoms with Crippen LogP contribution in [0, 0.1) is 12.3 Å². The van der Waals surface area contributed by atoms with E-state index in [9.17, 15) is 0 Å². The minimum atomic E-state index is -0.00581. The molecule has 0 aliphatic carbocycles. The average Bonchev–Trinajstić information content (AvgIpc) is 2.59. The second-order valence-electron chi connectivity index (χ2n) is 3.33. The molecule has 82 valence electrons. The molecule has 0 aromatic carbocycles. The van der Waals surface area contributed by atoms with E-state index in [1.165, 1.54) is 6.20 Å². The van der Waals surface area contributed by atoms with Crippen molar-refractivity contribution in [1.82, 2.24) is 14.8 Å². The Hall–Kier alpha value is -1.88. The number of rotatable bonds is 2. The van der Waals surface area contributed by atoms with Crippen LogP contribution in [0.3, 0.4) is 0 Å². The molecule has 2 aromatic rings. The van der Waals surface area contributed by atoms with Gasteiger partial charge in [0.05, 0.1) is 16.9 Å². The molecule has 0 amide bonds. The van der Waals surface area contributed by atoms with E-state index >= 15 is 0 Å². The Bertz CT molecular complexity index is 509. The molecule has 16 heavy (non-hydrogen) atoms. The van der Waals surface area contributed by atoms with Crippen LogP contribution in [0.4, 0.5) is 0 Å². The summed E-state index contributed by atoms with van der Waals surface area (Å²) >= 11 is 5.90.